The summed E-state index contributed by atoms with van der Waals surface area (Å²) in [6.45, 7) is 2.95. The molecular weight excluding hydrogens is 382 g/mol. The molecule has 2 aromatic heterocycles. The van der Waals surface area contributed by atoms with Gasteiger partial charge in [0, 0.05) is 18.1 Å². The number of imidazole rings is 1. The minimum Gasteiger partial charge on any atom is -0.337 e. The van der Waals surface area contributed by atoms with E-state index in [1.807, 2.05) is 36.7 Å². The molecule has 3 heterocycles. The molecule has 1 saturated carbocycles. The highest BCUT2D eigenvalue weighted by molar-refractivity contribution is 6.13. The van der Waals surface area contributed by atoms with E-state index in [1.54, 1.807) is 0 Å². The number of fused-ring (bicyclic) bond motifs is 1. The number of aryl methyl sites for hydroxylation is 1. The van der Waals surface area contributed by atoms with Crippen LogP contribution in [0.1, 0.15) is 49.7 Å². The minimum absolute atomic E-state index is 0.550. The summed E-state index contributed by atoms with van der Waals surface area (Å²) in [5, 5.41) is 3.53. The Labute approximate surface area is 184 Å². The molecule has 1 fully saturated rings. The van der Waals surface area contributed by atoms with Crippen molar-refractivity contribution in [1.29, 1.82) is 0 Å². The summed E-state index contributed by atoms with van der Waals surface area (Å²) in [4.78, 5) is 14.3. The van der Waals surface area contributed by atoms with Gasteiger partial charge in [0.15, 0.2) is 5.82 Å². The van der Waals surface area contributed by atoms with Crippen molar-refractivity contribution in [3.8, 4) is 0 Å². The van der Waals surface area contributed by atoms with E-state index in [0.717, 1.165) is 52.6 Å². The Bertz CT molecular complexity index is 1100. The summed E-state index contributed by atoms with van der Waals surface area (Å²) in [6.07, 6.45) is 12.3. The standard InChI is InChI=1S/C26H29N5/c1-19-7-5-10-20(19)13-14-22-11-6-12-25(29-22)30-24-17-23(21-8-3-2-4-9-21)28-18-31-16-15-27-26(24)31/h2-4,6,8-9,11-12,15-17,19-20H,5,7,10,13-14,18H2,1H3,(H,29,30). The molecule has 31 heavy (non-hydrogen) atoms. The lowest BCUT2D eigenvalue weighted by atomic mass is 9.92. The third-order valence-corrected chi connectivity index (χ3v) is 6.58. The van der Waals surface area contributed by atoms with Gasteiger partial charge in [0.25, 0.3) is 0 Å². The van der Waals surface area contributed by atoms with Crippen molar-refractivity contribution in [2.24, 2.45) is 16.8 Å². The lowest BCUT2D eigenvalue weighted by Gasteiger charge is -2.15. The van der Waals surface area contributed by atoms with E-state index in [0.29, 0.717) is 6.67 Å². The minimum atomic E-state index is 0.550. The fraction of sp³-hybridized carbons (Fsp3) is 0.346. The second kappa shape index (κ2) is 8.88. The number of allylic oxidation sites excluding steroid dienone is 1. The van der Waals surface area contributed by atoms with Gasteiger partial charge in [-0.3, -0.25) is 4.99 Å². The Balaban J connectivity index is 1.37. The number of benzene rings is 1. The van der Waals surface area contributed by atoms with E-state index in [2.05, 4.69) is 52.1 Å². The molecule has 1 aromatic carbocycles. The van der Waals surface area contributed by atoms with Gasteiger partial charge in [-0.25, -0.2) is 9.97 Å². The molecule has 5 heteroatoms. The number of aliphatic imine (C=N–C) groups is 1. The molecule has 5 nitrogen and oxygen atoms in total. The molecule has 5 rings (SSSR count). The molecule has 0 radical (unpaired) electrons. The third kappa shape index (κ3) is 4.46. The number of pyridine rings is 1. The number of nitrogens with one attached hydrogen (secondary N) is 1. The topological polar surface area (TPSA) is 55.1 Å². The number of hydrogen-bond donors (Lipinski definition) is 1. The molecule has 1 aliphatic heterocycles. The van der Waals surface area contributed by atoms with Gasteiger partial charge in [0.2, 0.25) is 0 Å². The van der Waals surface area contributed by atoms with Crippen molar-refractivity contribution in [2.45, 2.75) is 45.7 Å². The zero-order valence-corrected chi connectivity index (χ0v) is 18.0. The van der Waals surface area contributed by atoms with Gasteiger partial charge >= 0.3 is 0 Å². The first-order chi connectivity index (χ1) is 15.3. The van der Waals surface area contributed by atoms with Crippen molar-refractivity contribution in [2.75, 3.05) is 5.32 Å². The van der Waals surface area contributed by atoms with Crippen molar-refractivity contribution < 1.29 is 0 Å². The lowest BCUT2D eigenvalue weighted by molar-refractivity contribution is 0.391. The van der Waals surface area contributed by atoms with Gasteiger partial charge in [-0.05, 0) is 48.4 Å². The predicted molar refractivity (Wildman–Crippen MR) is 126 cm³/mol. The van der Waals surface area contributed by atoms with Crippen LogP contribution < -0.4 is 5.32 Å². The van der Waals surface area contributed by atoms with Gasteiger partial charge in [-0.15, -0.1) is 0 Å². The van der Waals surface area contributed by atoms with Crippen LogP contribution in [0, 0.1) is 11.8 Å². The van der Waals surface area contributed by atoms with Crippen LogP contribution in [0.5, 0.6) is 0 Å². The van der Waals surface area contributed by atoms with E-state index < -0.39 is 0 Å². The van der Waals surface area contributed by atoms with Gasteiger partial charge in [0.1, 0.15) is 12.5 Å². The maximum absolute atomic E-state index is 4.91. The summed E-state index contributed by atoms with van der Waals surface area (Å²) in [5.74, 6) is 3.43. The molecule has 1 aliphatic carbocycles. The van der Waals surface area contributed by atoms with E-state index in [1.165, 1.54) is 25.7 Å². The second-order valence-electron chi connectivity index (χ2n) is 8.68. The fourth-order valence-electron chi connectivity index (χ4n) is 4.75. The highest BCUT2D eigenvalue weighted by Crippen LogP contribution is 2.34. The number of nitrogens with zero attached hydrogens (tertiary/aromatic N) is 4. The van der Waals surface area contributed by atoms with E-state index >= 15 is 0 Å². The Morgan fingerprint density at radius 2 is 1.97 bits per heavy atom. The number of rotatable bonds is 6. The third-order valence-electron chi connectivity index (χ3n) is 6.58. The smallest absolute Gasteiger partial charge is 0.158 e. The van der Waals surface area contributed by atoms with Gasteiger partial charge in [-0.2, -0.15) is 0 Å². The molecule has 2 aliphatic rings. The molecule has 2 unspecified atom stereocenters. The second-order valence-corrected chi connectivity index (χ2v) is 8.68. The summed E-state index contributed by atoms with van der Waals surface area (Å²) >= 11 is 0. The Kier molecular flexibility index (Phi) is 5.65. The first kappa shape index (κ1) is 19.7. The van der Waals surface area contributed by atoms with Gasteiger partial charge < -0.3 is 9.88 Å². The first-order valence-electron chi connectivity index (χ1n) is 11.3. The van der Waals surface area contributed by atoms with Gasteiger partial charge in [-0.1, -0.05) is 62.6 Å². The predicted octanol–water partition coefficient (Wildman–Crippen LogP) is 5.56. The van der Waals surface area contributed by atoms with Crippen molar-refractivity contribution in [3.05, 3.63) is 84.1 Å². The highest BCUT2D eigenvalue weighted by Gasteiger charge is 2.23. The summed E-state index contributed by atoms with van der Waals surface area (Å²) in [5.41, 5.74) is 4.11. The highest BCUT2D eigenvalue weighted by atomic mass is 15.2. The maximum Gasteiger partial charge on any atom is 0.158 e. The van der Waals surface area contributed by atoms with Gasteiger partial charge in [0.05, 0.1) is 11.4 Å². The number of aromatic nitrogens is 3. The normalized spacial score (nSPS) is 20.5. The average Bonchev–Trinajstić information content (AvgIpc) is 3.40. The molecule has 1 N–H and O–H groups in total. The molecular formula is C26H29N5. The van der Waals surface area contributed by atoms with Crippen LogP contribution in [-0.4, -0.2) is 20.2 Å². The van der Waals surface area contributed by atoms with Crippen LogP contribution in [0.2, 0.25) is 0 Å². The van der Waals surface area contributed by atoms with Crippen LogP contribution in [0.25, 0.3) is 5.70 Å². The van der Waals surface area contributed by atoms with Crippen LogP contribution in [0.4, 0.5) is 5.82 Å². The van der Waals surface area contributed by atoms with E-state index in [-0.39, 0.29) is 0 Å². The largest absolute Gasteiger partial charge is 0.337 e. The van der Waals surface area contributed by atoms with Crippen molar-refractivity contribution in [3.63, 3.8) is 0 Å². The molecule has 3 aromatic rings. The van der Waals surface area contributed by atoms with Crippen LogP contribution >= 0.6 is 0 Å². The van der Waals surface area contributed by atoms with Crippen molar-refractivity contribution in [1.82, 2.24) is 14.5 Å². The molecule has 0 amide bonds. The van der Waals surface area contributed by atoms with E-state index in [9.17, 15) is 0 Å². The summed E-state index contributed by atoms with van der Waals surface area (Å²) < 4.78 is 2.06. The molecule has 158 valence electrons. The van der Waals surface area contributed by atoms with Crippen LogP contribution in [-0.2, 0) is 13.1 Å². The molecule has 0 spiro atoms. The van der Waals surface area contributed by atoms with Crippen molar-refractivity contribution >= 4 is 17.2 Å². The Hall–Kier alpha value is -3.21. The number of anilines is 1. The summed E-state index contributed by atoms with van der Waals surface area (Å²) in [7, 11) is 0. The Morgan fingerprint density at radius 1 is 1.06 bits per heavy atom. The maximum atomic E-state index is 4.91. The monoisotopic (exact) mass is 411 g/mol. The van der Waals surface area contributed by atoms with Crippen LogP contribution in [0.15, 0.2) is 72.0 Å². The summed E-state index contributed by atoms with van der Waals surface area (Å²) in [6, 6.07) is 16.5. The zero-order chi connectivity index (χ0) is 21.0. The molecule has 0 saturated heterocycles. The number of hydrogen-bond acceptors (Lipinski definition) is 4. The lowest BCUT2D eigenvalue weighted by Crippen LogP contribution is -2.09. The quantitative estimate of drug-likeness (QED) is 0.578. The fourth-order valence-corrected chi connectivity index (χ4v) is 4.75. The molecule has 2 atom stereocenters. The molecule has 0 bridgehead atoms. The van der Waals surface area contributed by atoms with Crippen LogP contribution in [0.3, 0.4) is 0 Å². The average molecular weight is 412 g/mol. The SMILES string of the molecule is CC1CCCC1CCc1cccc(NC2=CC(c3ccccc3)=NCn3ccnc32)n1. The Morgan fingerprint density at radius 3 is 2.81 bits per heavy atom. The zero-order valence-electron chi connectivity index (χ0n) is 18.0. The first-order valence-corrected chi connectivity index (χ1v) is 11.3. The van der Waals surface area contributed by atoms with E-state index in [4.69, 9.17) is 9.98 Å².